The minimum absolute atomic E-state index is 0.00274. The lowest BCUT2D eigenvalue weighted by Gasteiger charge is -2.38. The molecule has 0 aliphatic carbocycles. The van der Waals surface area contributed by atoms with Gasteiger partial charge in [0.05, 0.1) is 15.7 Å². The van der Waals surface area contributed by atoms with E-state index < -0.39 is 52.8 Å². The number of benzene rings is 2. The van der Waals surface area contributed by atoms with Crippen LogP contribution in [0.15, 0.2) is 52.3 Å². The lowest BCUT2D eigenvalue weighted by atomic mass is 9.92. The van der Waals surface area contributed by atoms with Gasteiger partial charge < -0.3 is 8.92 Å². The van der Waals surface area contributed by atoms with Gasteiger partial charge in [-0.25, -0.2) is 12.8 Å². The largest absolute Gasteiger partial charge is 0.534 e. The Morgan fingerprint density at radius 2 is 1.82 bits per heavy atom. The highest BCUT2D eigenvalue weighted by atomic mass is 32.2. The number of sulfone groups is 1. The first-order chi connectivity index (χ1) is 15.2. The molecule has 0 spiro atoms. The first-order valence-electron chi connectivity index (χ1n) is 9.51. The summed E-state index contributed by atoms with van der Waals surface area (Å²) in [5.41, 5.74) is -5.47. The quantitative estimate of drug-likeness (QED) is 0.229. The Morgan fingerprint density at radius 1 is 1.12 bits per heavy atom. The van der Waals surface area contributed by atoms with Crippen molar-refractivity contribution in [2.24, 2.45) is 0 Å². The molecule has 2 aromatic rings. The molecule has 182 valence electrons. The zero-order valence-electron chi connectivity index (χ0n) is 17.4. The Balaban J connectivity index is 1.92. The molecule has 2 unspecified atom stereocenters. The van der Waals surface area contributed by atoms with Crippen molar-refractivity contribution >= 4 is 31.7 Å². The number of ether oxygens (including phenoxy) is 1. The Labute approximate surface area is 193 Å². The molecule has 6 nitrogen and oxygen atoms in total. The highest BCUT2D eigenvalue weighted by molar-refractivity contribution is 7.98. The van der Waals surface area contributed by atoms with Crippen molar-refractivity contribution in [3.8, 4) is 5.75 Å². The van der Waals surface area contributed by atoms with Gasteiger partial charge in [0, 0.05) is 23.1 Å². The van der Waals surface area contributed by atoms with Gasteiger partial charge in [-0.1, -0.05) is 12.1 Å². The van der Waals surface area contributed by atoms with Crippen molar-refractivity contribution in [2.45, 2.75) is 45.9 Å². The molecule has 1 fully saturated rings. The summed E-state index contributed by atoms with van der Waals surface area (Å²) in [4.78, 5) is 0.270. The fraction of sp³-hybridized carbons (Fsp3) is 0.400. The second-order valence-corrected chi connectivity index (χ2v) is 12.5. The maximum absolute atomic E-state index is 14.6. The van der Waals surface area contributed by atoms with E-state index in [-0.39, 0.29) is 25.0 Å². The lowest BCUT2D eigenvalue weighted by Crippen LogP contribution is -2.42. The molecule has 1 heterocycles. The molecule has 1 saturated heterocycles. The van der Waals surface area contributed by atoms with Gasteiger partial charge in [0.15, 0.2) is 9.84 Å². The normalized spacial score (nSPS) is 22.2. The maximum Gasteiger partial charge on any atom is 0.534 e. The molecule has 0 amide bonds. The zero-order valence-corrected chi connectivity index (χ0v) is 19.9. The van der Waals surface area contributed by atoms with Gasteiger partial charge in [0.25, 0.3) is 0 Å². The number of halogens is 4. The van der Waals surface area contributed by atoms with Crippen LogP contribution in [0.4, 0.5) is 17.6 Å². The van der Waals surface area contributed by atoms with E-state index in [1.54, 1.807) is 12.3 Å². The standard InChI is InChI=1S/C20H20F4O6S3/c1-19(8-9-29-18(12-19)16-7-6-14(31-2)11-17(16)21)32(25,26)15-5-3-4-13(10-15)30-33(27,28)20(22,23)24/h3-7,10-11,18H,8-9,12H2,1-2H3. The van der Waals surface area contributed by atoms with Gasteiger partial charge in [-0.3, -0.25) is 0 Å². The fourth-order valence-corrected chi connectivity index (χ4v) is 6.16. The van der Waals surface area contributed by atoms with Crippen LogP contribution in [-0.2, 0) is 24.7 Å². The van der Waals surface area contributed by atoms with Gasteiger partial charge in [0.1, 0.15) is 11.6 Å². The third-order valence-electron chi connectivity index (χ3n) is 5.38. The summed E-state index contributed by atoms with van der Waals surface area (Å²) in [5, 5.41) is 0. The predicted octanol–water partition coefficient (Wildman–Crippen LogP) is 4.86. The van der Waals surface area contributed by atoms with Gasteiger partial charge in [-0.2, -0.15) is 21.6 Å². The number of hydrogen-bond donors (Lipinski definition) is 0. The molecule has 3 rings (SSSR count). The Kier molecular flexibility index (Phi) is 7.10. The highest BCUT2D eigenvalue weighted by Crippen LogP contribution is 2.43. The second-order valence-electron chi connectivity index (χ2n) is 7.61. The minimum Gasteiger partial charge on any atom is -0.376 e. The second kappa shape index (κ2) is 9.08. The van der Waals surface area contributed by atoms with Crippen LogP contribution in [0.3, 0.4) is 0 Å². The van der Waals surface area contributed by atoms with Crippen molar-refractivity contribution in [1.29, 1.82) is 0 Å². The summed E-state index contributed by atoms with van der Waals surface area (Å²) < 4.78 is 110. The Morgan fingerprint density at radius 3 is 2.42 bits per heavy atom. The monoisotopic (exact) mass is 528 g/mol. The van der Waals surface area contributed by atoms with Crippen LogP contribution in [0.1, 0.15) is 31.4 Å². The van der Waals surface area contributed by atoms with E-state index in [1.807, 2.05) is 0 Å². The van der Waals surface area contributed by atoms with Crippen LogP contribution < -0.4 is 4.18 Å². The predicted molar refractivity (Wildman–Crippen MR) is 114 cm³/mol. The van der Waals surface area contributed by atoms with E-state index in [9.17, 15) is 34.4 Å². The maximum atomic E-state index is 14.6. The molecular formula is C20H20F4O6S3. The Hall–Kier alpha value is -1.83. The van der Waals surface area contributed by atoms with Crippen molar-refractivity contribution < 1.29 is 43.3 Å². The van der Waals surface area contributed by atoms with Crippen LogP contribution >= 0.6 is 11.8 Å². The van der Waals surface area contributed by atoms with E-state index in [4.69, 9.17) is 4.74 Å². The average Bonchev–Trinajstić information content (AvgIpc) is 2.72. The Bertz CT molecular complexity index is 1240. The van der Waals surface area contributed by atoms with Gasteiger partial charge in [-0.05, 0) is 50.3 Å². The molecule has 1 aliphatic heterocycles. The topological polar surface area (TPSA) is 86.7 Å². The smallest absolute Gasteiger partial charge is 0.376 e. The average molecular weight is 529 g/mol. The molecule has 0 aromatic heterocycles. The van der Waals surface area contributed by atoms with Crippen LogP contribution in [0.5, 0.6) is 5.75 Å². The molecular weight excluding hydrogens is 508 g/mol. The van der Waals surface area contributed by atoms with E-state index in [0.717, 1.165) is 24.3 Å². The van der Waals surface area contributed by atoms with Gasteiger partial charge in [0.2, 0.25) is 0 Å². The third kappa shape index (κ3) is 5.15. The molecule has 0 bridgehead atoms. The minimum atomic E-state index is -5.97. The van der Waals surface area contributed by atoms with Crippen LogP contribution in [-0.4, -0.2) is 40.0 Å². The lowest BCUT2D eigenvalue weighted by molar-refractivity contribution is -0.0500. The van der Waals surface area contributed by atoms with E-state index in [1.165, 1.54) is 30.8 Å². The number of thioether (sulfide) groups is 1. The summed E-state index contributed by atoms with van der Waals surface area (Å²) in [6, 6.07) is 8.38. The zero-order chi connectivity index (χ0) is 24.7. The van der Waals surface area contributed by atoms with Crippen LogP contribution in [0, 0.1) is 5.82 Å². The van der Waals surface area contributed by atoms with E-state index in [0.29, 0.717) is 4.90 Å². The van der Waals surface area contributed by atoms with Crippen molar-refractivity contribution in [3.63, 3.8) is 0 Å². The highest BCUT2D eigenvalue weighted by Gasteiger charge is 2.49. The molecule has 2 atom stereocenters. The molecule has 2 aromatic carbocycles. The molecule has 1 aliphatic rings. The summed E-state index contributed by atoms with van der Waals surface area (Å²) in [5.74, 6) is -1.33. The summed E-state index contributed by atoms with van der Waals surface area (Å²) in [6.45, 7) is 1.44. The first-order valence-corrected chi connectivity index (χ1v) is 13.6. The molecule has 0 saturated carbocycles. The summed E-state index contributed by atoms with van der Waals surface area (Å²) >= 11 is 1.34. The van der Waals surface area contributed by atoms with E-state index in [2.05, 4.69) is 4.18 Å². The summed E-state index contributed by atoms with van der Waals surface area (Å²) in [6.07, 6.45) is 0.853. The molecule has 13 heteroatoms. The SMILES string of the molecule is CSc1ccc(C2CC(C)(S(=O)(=O)c3cccc(OS(=O)(=O)C(F)(F)F)c3)CCO2)c(F)c1. The van der Waals surface area contributed by atoms with Crippen molar-refractivity contribution in [2.75, 3.05) is 12.9 Å². The molecule has 0 radical (unpaired) electrons. The first kappa shape index (κ1) is 25.8. The number of alkyl halides is 3. The third-order valence-corrected chi connectivity index (χ3v) is 9.62. The van der Waals surface area contributed by atoms with E-state index >= 15 is 0 Å². The van der Waals surface area contributed by atoms with Gasteiger partial charge >= 0.3 is 15.6 Å². The molecule has 0 N–H and O–H groups in total. The van der Waals surface area contributed by atoms with Gasteiger partial charge in [-0.15, -0.1) is 11.8 Å². The van der Waals surface area contributed by atoms with Crippen LogP contribution in [0.2, 0.25) is 0 Å². The fourth-order valence-electron chi connectivity index (χ4n) is 3.46. The van der Waals surface area contributed by atoms with Crippen LogP contribution in [0.25, 0.3) is 0 Å². The van der Waals surface area contributed by atoms with Crippen molar-refractivity contribution in [1.82, 2.24) is 0 Å². The molecule has 33 heavy (non-hydrogen) atoms. The summed E-state index contributed by atoms with van der Waals surface area (Å²) in [7, 11) is -10.2. The van der Waals surface area contributed by atoms with Crippen molar-refractivity contribution in [3.05, 3.63) is 53.8 Å². The number of rotatable bonds is 6. The number of hydrogen-bond acceptors (Lipinski definition) is 7.